The number of hydrazone groups is 1. The van der Waals surface area contributed by atoms with E-state index in [1.54, 1.807) is 18.2 Å². The summed E-state index contributed by atoms with van der Waals surface area (Å²) in [4.78, 5) is 11.8. The van der Waals surface area contributed by atoms with Crippen molar-refractivity contribution in [3.8, 4) is 11.5 Å². The van der Waals surface area contributed by atoms with Crippen LogP contribution in [0.4, 0.5) is 5.69 Å². The van der Waals surface area contributed by atoms with Gasteiger partial charge in [-0.25, -0.2) is 4.83 Å². The van der Waals surface area contributed by atoms with Crippen molar-refractivity contribution in [3.05, 3.63) is 58.1 Å². The number of nitrogens with zero attached hydrogens (tertiary/aromatic N) is 2. The summed E-state index contributed by atoms with van der Waals surface area (Å²) in [5.74, 6) is 1.04. The normalized spacial score (nSPS) is 11.3. The number of nitro benzene ring substituents is 1. The van der Waals surface area contributed by atoms with Crippen molar-refractivity contribution in [2.75, 3.05) is 13.7 Å². The minimum absolute atomic E-state index is 0.256. The molecule has 0 fully saturated rings. The van der Waals surface area contributed by atoms with Gasteiger partial charge in [-0.2, -0.15) is 13.5 Å². The third-order valence-corrected chi connectivity index (χ3v) is 4.43. The van der Waals surface area contributed by atoms with Gasteiger partial charge in [-0.3, -0.25) is 10.1 Å². The molecule has 0 aliphatic heterocycles. The van der Waals surface area contributed by atoms with Gasteiger partial charge in [-0.15, -0.1) is 0 Å². The maximum Gasteiger partial charge on any atom is 0.276 e. The van der Waals surface area contributed by atoms with Crippen LogP contribution in [0.15, 0.2) is 52.5 Å². The monoisotopic (exact) mass is 379 g/mol. The molecule has 138 valence electrons. The molecule has 1 N–H and O–H groups in total. The van der Waals surface area contributed by atoms with Gasteiger partial charge in [0.05, 0.1) is 29.8 Å². The average molecular weight is 379 g/mol. The molecule has 10 heteroatoms. The molecule has 0 saturated heterocycles. The van der Waals surface area contributed by atoms with Crippen LogP contribution in [0.25, 0.3) is 0 Å². The van der Waals surface area contributed by atoms with Gasteiger partial charge in [-0.05, 0) is 36.8 Å². The highest BCUT2D eigenvalue weighted by Crippen LogP contribution is 2.27. The summed E-state index contributed by atoms with van der Waals surface area (Å²) in [7, 11) is -2.52. The number of rotatable bonds is 8. The minimum atomic E-state index is -4.03. The predicted octanol–water partition coefficient (Wildman–Crippen LogP) is 2.31. The van der Waals surface area contributed by atoms with E-state index in [2.05, 4.69) is 5.10 Å². The van der Waals surface area contributed by atoms with Crippen LogP contribution >= 0.6 is 0 Å². The van der Waals surface area contributed by atoms with Crippen LogP contribution in [0, 0.1) is 10.1 Å². The van der Waals surface area contributed by atoms with Crippen molar-refractivity contribution in [1.29, 1.82) is 0 Å². The van der Waals surface area contributed by atoms with Crippen LogP contribution < -0.4 is 14.3 Å². The Kier molecular flexibility index (Phi) is 6.12. The number of methoxy groups -OCH3 is 1. The Balaban J connectivity index is 2.18. The number of nitrogens with one attached hydrogen (secondary N) is 1. The zero-order valence-corrected chi connectivity index (χ0v) is 14.9. The fraction of sp³-hybridized carbons (Fsp3) is 0.188. The quantitative estimate of drug-likeness (QED) is 0.427. The Morgan fingerprint density at radius 2 is 2.00 bits per heavy atom. The second-order valence-corrected chi connectivity index (χ2v) is 6.61. The third-order valence-electron chi connectivity index (χ3n) is 3.21. The number of hydrogen-bond acceptors (Lipinski definition) is 7. The number of sulfonamides is 1. The van der Waals surface area contributed by atoms with Crippen LogP contribution in [0.5, 0.6) is 11.5 Å². The Morgan fingerprint density at radius 1 is 1.23 bits per heavy atom. The molecule has 26 heavy (non-hydrogen) atoms. The lowest BCUT2D eigenvalue weighted by Gasteiger charge is -2.09. The van der Waals surface area contributed by atoms with Crippen LogP contribution in [0.3, 0.4) is 0 Å². The highest BCUT2D eigenvalue weighted by Gasteiger charge is 2.16. The number of benzene rings is 2. The fourth-order valence-electron chi connectivity index (χ4n) is 2.03. The second-order valence-electron chi connectivity index (χ2n) is 4.95. The zero-order chi connectivity index (χ0) is 19.2. The first-order valence-corrected chi connectivity index (χ1v) is 8.96. The average Bonchev–Trinajstić information content (AvgIpc) is 2.62. The summed E-state index contributed by atoms with van der Waals surface area (Å²) in [6, 6.07) is 9.68. The van der Waals surface area contributed by atoms with E-state index in [-0.39, 0.29) is 10.6 Å². The molecule has 0 radical (unpaired) electrons. The summed E-state index contributed by atoms with van der Waals surface area (Å²) in [5, 5.41) is 14.4. The zero-order valence-electron chi connectivity index (χ0n) is 14.1. The number of ether oxygens (including phenoxy) is 2. The van der Waals surface area contributed by atoms with E-state index >= 15 is 0 Å². The van der Waals surface area contributed by atoms with Crippen molar-refractivity contribution in [2.45, 2.75) is 11.8 Å². The van der Waals surface area contributed by atoms with Gasteiger partial charge in [0.1, 0.15) is 0 Å². The lowest BCUT2D eigenvalue weighted by Crippen LogP contribution is -2.18. The molecular weight excluding hydrogens is 362 g/mol. The highest BCUT2D eigenvalue weighted by molar-refractivity contribution is 7.89. The standard InChI is InChI=1S/C16H17N3O6S/c1-3-25-16-9-12(7-8-15(16)24-2)11-17-18-26(22,23)14-6-4-5-13(10-14)19(20)21/h4-11,18H,3H2,1-2H3/b17-11+. The van der Waals surface area contributed by atoms with Crippen molar-refractivity contribution < 1.29 is 22.8 Å². The second kappa shape index (κ2) is 8.30. The molecule has 9 nitrogen and oxygen atoms in total. The Hall–Kier alpha value is -3.14. The number of hydrogen-bond donors (Lipinski definition) is 1. The Bertz CT molecular complexity index is 927. The van der Waals surface area contributed by atoms with E-state index in [9.17, 15) is 18.5 Å². The van der Waals surface area contributed by atoms with Gasteiger partial charge in [0.2, 0.25) is 0 Å². The fourth-order valence-corrected chi connectivity index (χ4v) is 2.86. The van der Waals surface area contributed by atoms with Gasteiger partial charge in [0, 0.05) is 12.1 Å². The molecular formula is C16H17N3O6S. The molecule has 2 aromatic carbocycles. The summed E-state index contributed by atoms with van der Waals surface area (Å²) in [6.07, 6.45) is 1.29. The van der Waals surface area contributed by atoms with Crippen LogP contribution in [0.2, 0.25) is 0 Å². The molecule has 0 atom stereocenters. The molecule has 0 amide bonds. The van der Waals surface area contributed by atoms with E-state index in [0.717, 1.165) is 6.07 Å². The van der Waals surface area contributed by atoms with Gasteiger partial charge < -0.3 is 9.47 Å². The van der Waals surface area contributed by atoms with Gasteiger partial charge >= 0.3 is 0 Å². The molecule has 0 heterocycles. The molecule has 0 saturated carbocycles. The topological polar surface area (TPSA) is 120 Å². The maximum absolute atomic E-state index is 12.2. The smallest absolute Gasteiger partial charge is 0.276 e. The lowest BCUT2D eigenvalue weighted by molar-refractivity contribution is -0.385. The van der Waals surface area contributed by atoms with Crippen molar-refractivity contribution in [3.63, 3.8) is 0 Å². The van der Waals surface area contributed by atoms with Crippen LogP contribution in [-0.2, 0) is 10.0 Å². The molecule has 2 rings (SSSR count). The van der Waals surface area contributed by atoms with E-state index in [1.807, 2.05) is 11.8 Å². The SMILES string of the molecule is CCOc1cc(/C=N/NS(=O)(=O)c2cccc([N+](=O)[O-])c2)ccc1OC. The van der Waals surface area contributed by atoms with E-state index in [0.29, 0.717) is 23.7 Å². The van der Waals surface area contributed by atoms with Gasteiger partial charge in [0.15, 0.2) is 11.5 Å². The highest BCUT2D eigenvalue weighted by atomic mass is 32.2. The molecule has 0 aromatic heterocycles. The molecule has 0 spiro atoms. The van der Waals surface area contributed by atoms with Gasteiger partial charge in [-0.1, -0.05) is 6.07 Å². The number of nitro groups is 1. The van der Waals surface area contributed by atoms with E-state index < -0.39 is 14.9 Å². The van der Waals surface area contributed by atoms with E-state index in [1.165, 1.54) is 31.5 Å². The maximum atomic E-state index is 12.2. The lowest BCUT2D eigenvalue weighted by atomic mass is 10.2. The van der Waals surface area contributed by atoms with Crippen LogP contribution in [-0.4, -0.2) is 33.3 Å². The molecule has 0 aliphatic carbocycles. The Labute approximate surface area is 150 Å². The largest absolute Gasteiger partial charge is 0.493 e. The first-order chi connectivity index (χ1) is 12.4. The van der Waals surface area contributed by atoms with Crippen molar-refractivity contribution in [1.82, 2.24) is 4.83 Å². The van der Waals surface area contributed by atoms with Crippen molar-refractivity contribution >= 4 is 21.9 Å². The minimum Gasteiger partial charge on any atom is -0.493 e. The molecule has 0 aliphatic rings. The summed E-state index contributed by atoms with van der Waals surface area (Å²) < 4.78 is 34.9. The first-order valence-electron chi connectivity index (χ1n) is 7.47. The first kappa shape index (κ1) is 19.2. The Morgan fingerprint density at radius 3 is 2.65 bits per heavy atom. The van der Waals surface area contributed by atoms with E-state index in [4.69, 9.17) is 9.47 Å². The predicted molar refractivity (Wildman–Crippen MR) is 95.2 cm³/mol. The van der Waals surface area contributed by atoms with Gasteiger partial charge in [0.25, 0.3) is 15.7 Å². The number of non-ortho nitro benzene ring substituents is 1. The summed E-state index contributed by atoms with van der Waals surface area (Å²) >= 11 is 0. The van der Waals surface area contributed by atoms with Crippen LogP contribution in [0.1, 0.15) is 12.5 Å². The summed E-state index contributed by atoms with van der Waals surface area (Å²) in [5.41, 5.74) is 0.254. The molecule has 0 bridgehead atoms. The van der Waals surface area contributed by atoms with Crippen molar-refractivity contribution in [2.24, 2.45) is 5.10 Å². The molecule has 0 unspecified atom stereocenters. The molecule has 2 aromatic rings. The summed E-state index contributed by atoms with van der Waals surface area (Å²) in [6.45, 7) is 2.27. The third kappa shape index (κ3) is 4.70.